The molecule has 9 heteroatoms. The summed E-state index contributed by atoms with van der Waals surface area (Å²) in [6.45, 7) is 3.79. The molecule has 1 aliphatic rings. The maximum absolute atomic E-state index is 12.6. The van der Waals surface area contributed by atoms with Crippen molar-refractivity contribution in [2.45, 2.75) is 11.3 Å². The van der Waals surface area contributed by atoms with Crippen LogP contribution >= 0.6 is 0 Å². The summed E-state index contributed by atoms with van der Waals surface area (Å²) in [5.41, 5.74) is 2.99. The van der Waals surface area contributed by atoms with E-state index in [1.54, 1.807) is 30.3 Å². The van der Waals surface area contributed by atoms with Crippen LogP contribution in [0.4, 0.5) is 17.1 Å². The molecule has 2 heterocycles. The quantitative estimate of drug-likeness (QED) is 0.535. The molecule has 3 aromatic rings. The van der Waals surface area contributed by atoms with Gasteiger partial charge in [0.25, 0.3) is 0 Å². The highest BCUT2D eigenvalue weighted by Crippen LogP contribution is 2.22. The largest absolute Gasteiger partial charge is 0.368 e. The zero-order valence-corrected chi connectivity index (χ0v) is 20.0. The lowest BCUT2D eigenvalue weighted by Gasteiger charge is -2.37. The number of hydrogen-bond donors (Lipinski definition) is 1. The second-order valence-electron chi connectivity index (χ2n) is 8.16. The zero-order valence-electron chi connectivity index (χ0n) is 19.2. The molecule has 0 bridgehead atoms. The van der Waals surface area contributed by atoms with Crippen molar-refractivity contribution < 1.29 is 13.2 Å². The molecular weight excluding hydrogens is 450 g/mol. The molecule has 1 aliphatic heterocycles. The minimum atomic E-state index is -3.61. The van der Waals surface area contributed by atoms with Crippen molar-refractivity contribution in [3.05, 3.63) is 79.1 Å². The number of aromatic nitrogens is 1. The van der Waals surface area contributed by atoms with Crippen LogP contribution in [0.1, 0.15) is 6.42 Å². The maximum atomic E-state index is 12.6. The van der Waals surface area contributed by atoms with Gasteiger partial charge in [-0.2, -0.15) is 0 Å². The van der Waals surface area contributed by atoms with Crippen molar-refractivity contribution in [1.29, 1.82) is 0 Å². The summed E-state index contributed by atoms with van der Waals surface area (Å²) in [6.07, 6.45) is 3.70. The number of carbonyl (C=O) groups is 1. The molecule has 0 saturated carbocycles. The van der Waals surface area contributed by atoms with Crippen LogP contribution in [0.2, 0.25) is 0 Å². The van der Waals surface area contributed by atoms with E-state index in [0.717, 1.165) is 31.9 Å². The Morgan fingerprint density at radius 1 is 0.882 bits per heavy atom. The number of hydrogen-bond acceptors (Lipinski definition) is 6. The lowest BCUT2D eigenvalue weighted by molar-refractivity contribution is -0.116. The second kappa shape index (κ2) is 10.7. The van der Waals surface area contributed by atoms with Gasteiger partial charge in [-0.3, -0.25) is 9.78 Å². The molecule has 1 N–H and O–H groups in total. The molecule has 34 heavy (non-hydrogen) atoms. The van der Waals surface area contributed by atoms with Crippen molar-refractivity contribution in [2.24, 2.45) is 0 Å². The highest BCUT2D eigenvalue weighted by atomic mass is 32.2. The average Bonchev–Trinajstić information content (AvgIpc) is 2.89. The molecule has 1 saturated heterocycles. The van der Waals surface area contributed by atoms with Crippen LogP contribution in [0.5, 0.6) is 0 Å². The van der Waals surface area contributed by atoms with Gasteiger partial charge < -0.3 is 15.1 Å². The number of benzene rings is 2. The van der Waals surface area contributed by atoms with Gasteiger partial charge in [0.1, 0.15) is 0 Å². The third-order valence-electron chi connectivity index (χ3n) is 5.93. The number of rotatable bonds is 8. The highest BCUT2D eigenvalue weighted by molar-refractivity contribution is 7.89. The maximum Gasteiger partial charge on any atom is 0.242 e. The minimum absolute atomic E-state index is 0.0707. The van der Waals surface area contributed by atoms with Gasteiger partial charge in [0.2, 0.25) is 15.9 Å². The van der Waals surface area contributed by atoms with E-state index in [1.165, 1.54) is 17.0 Å². The standard InChI is InChI=1S/C25H29N5O3S/c1-28(34(32,33)24-5-3-2-4-6-24)16-13-25(31)27-21-7-9-22(10-8-21)29-17-19-30(20-18-29)23-11-14-26-15-12-23/h2-12,14-15H,13,16-20H2,1H3,(H,27,31). The van der Waals surface area contributed by atoms with Gasteiger partial charge in [-0.15, -0.1) is 0 Å². The van der Waals surface area contributed by atoms with Gasteiger partial charge in [0.15, 0.2) is 0 Å². The Kier molecular flexibility index (Phi) is 7.44. The van der Waals surface area contributed by atoms with E-state index in [-0.39, 0.29) is 23.8 Å². The van der Waals surface area contributed by atoms with Crippen molar-refractivity contribution in [3.63, 3.8) is 0 Å². The first-order valence-electron chi connectivity index (χ1n) is 11.2. The molecule has 0 atom stereocenters. The van der Waals surface area contributed by atoms with Crippen LogP contribution in [0.15, 0.2) is 84.0 Å². The van der Waals surface area contributed by atoms with E-state index >= 15 is 0 Å². The highest BCUT2D eigenvalue weighted by Gasteiger charge is 2.21. The lowest BCUT2D eigenvalue weighted by atomic mass is 10.2. The molecule has 8 nitrogen and oxygen atoms in total. The number of sulfonamides is 1. The van der Waals surface area contributed by atoms with E-state index in [1.807, 2.05) is 48.8 Å². The van der Waals surface area contributed by atoms with Gasteiger partial charge in [-0.05, 0) is 48.5 Å². The fourth-order valence-electron chi connectivity index (χ4n) is 3.91. The van der Waals surface area contributed by atoms with Gasteiger partial charge in [0.05, 0.1) is 4.90 Å². The molecule has 0 unspecified atom stereocenters. The average molecular weight is 480 g/mol. The Morgan fingerprint density at radius 2 is 1.44 bits per heavy atom. The Labute approximate surface area is 200 Å². The summed E-state index contributed by atoms with van der Waals surface area (Å²) < 4.78 is 26.4. The van der Waals surface area contributed by atoms with E-state index in [2.05, 4.69) is 20.1 Å². The van der Waals surface area contributed by atoms with Crippen molar-refractivity contribution in [2.75, 3.05) is 54.9 Å². The summed E-state index contributed by atoms with van der Waals surface area (Å²) in [5.74, 6) is -0.228. The van der Waals surface area contributed by atoms with Gasteiger partial charge in [-0.1, -0.05) is 18.2 Å². The normalized spacial score (nSPS) is 14.3. The van der Waals surface area contributed by atoms with Crippen LogP contribution in [-0.4, -0.2) is 63.4 Å². The fraction of sp³-hybridized carbons (Fsp3) is 0.280. The van der Waals surface area contributed by atoms with Crippen LogP contribution in [0.3, 0.4) is 0 Å². The van der Waals surface area contributed by atoms with Crippen LogP contribution < -0.4 is 15.1 Å². The fourth-order valence-corrected chi connectivity index (χ4v) is 5.10. The third-order valence-corrected chi connectivity index (χ3v) is 7.80. The first-order valence-corrected chi connectivity index (χ1v) is 12.7. The summed E-state index contributed by atoms with van der Waals surface area (Å²) in [7, 11) is -2.12. The smallest absolute Gasteiger partial charge is 0.242 e. The molecule has 2 aromatic carbocycles. The van der Waals surface area contributed by atoms with Gasteiger partial charge >= 0.3 is 0 Å². The van der Waals surface area contributed by atoms with Crippen LogP contribution in [-0.2, 0) is 14.8 Å². The van der Waals surface area contributed by atoms with E-state index < -0.39 is 10.0 Å². The number of amides is 1. The van der Waals surface area contributed by atoms with Gasteiger partial charge in [0, 0.05) is 75.6 Å². The molecule has 1 amide bonds. The summed E-state index contributed by atoms with van der Waals surface area (Å²) in [4.78, 5) is 21.4. The van der Waals surface area contributed by atoms with Crippen molar-refractivity contribution in [1.82, 2.24) is 9.29 Å². The van der Waals surface area contributed by atoms with Crippen molar-refractivity contribution in [3.8, 4) is 0 Å². The first-order chi connectivity index (χ1) is 16.4. The lowest BCUT2D eigenvalue weighted by Crippen LogP contribution is -2.46. The SMILES string of the molecule is CN(CCC(=O)Nc1ccc(N2CCN(c3ccncc3)CC2)cc1)S(=O)(=O)c1ccccc1. The molecule has 0 aliphatic carbocycles. The number of nitrogens with one attached hydrogen (secondary N) is 1. The summed E-state index contributed by atoms with van der Waals surface area (Å²) >= 11 is 0. The molecule has 1 aromatic heterocycles. The monoisotopic (exact) mass is 479 g/mol. The zero-order chi connectivity index (χ0) is 24.0. The van der Waals surface area contributed by atoms with E-state index in [4.69, 9.17) is 0 Å². The van der Waals surface area contributed by atoms with Crippen LogP contribution in [0, 0.1) is 0 Å². The first kappa shape index (κ1) is 23.7. The predicted molar refractivity (Wildman–Crippen MR) is 135 cm³/mol. The Morgan fingerprint density at radius 3 is 2.03 bits per heavy atom. The Hall–Kier alpha value is -3.43. The molecule has 0 spiro atoms. The van der Waals surface area contributed by atoms with Crippen LogP contribution in [0.25, 0.3) is 0 Å². The third kappa shape index (κ3) is 5.73. The predicted octanol–water partition coefficient (Wildman–Crippen LogP) is 3.06. The summed E-state index contributed by atoms with van der Waals surface area (Å²) in [6, 6.07) is 20.0. The number of piperazine rings is 1. The van der Waals surface area contributed by atoms with E-state index in [0.29, 0.717) is 5.69 Å². The van der Waals surface area contributed by atoms with E-state index in [9.17, 15) is 13.2 Å². The topological polar surface area (TPSA) is 85.8 Å². The van der Waals surface area contributed by atoms with Gasteiger partial charge in [-0.25, -0.2) is 12.7 Å². The van der Waals surface area contributed by atoms with Crippen molar-refractivity contribution >= 4 is 33.0 Å². The summed E-state index contributed by atoms with van der Waals surface area (Å²) in [5, 5.41) is 2.85. The molecule has 178 valence electrons. The second-order valence-corrected chi connectivity index (χ2v) is 10.2. The molecule has 4 rings (SSSR count). The Balaban J connectivity index is 1.25. The molecule has 1 fully saturated rings. The molecule has 0 radical (unpaired) electrons. The number of pyridine rings is 1. The number of nitrogens with zero attached hydrogens (tertiary/aromatic N) is 4. The number of anilines is 3. The minimum Gasteiger partial charge on any atom is -0.368 e. The molecular formula is C25H29N5O3S. The Bertz CT molecular complexity index is 1180. The number of carbonyl (C=O) groups excluding carboxylic acids is 1.